The van der Waals surface area contributed by atoms with Crippen molar-refractivity contribution >= 4 is 40.2 Å². The zero-order chi connectivity index (χ0) is 16.8. The Kier molecular flexibility index (Phi) is 8.73. The molecule has 3 atom stereocenters. The van der Waals surface area contributed by atoms with Crippen molar-refractivity contribution in [3.63, 3.8) is 0 Å². The molecule has 0 saturated carbocycles. The van der Waals surface area contributed by atoms with Crippen molar-refractivity contribution in [1.82, 2.24) is 16.0 Å². The smallest absolute Gasteiger partial charge is 0.222 e. The molecule has 1 aliphatic rings. The lowest BCUT2D eigenvalue weighted by atomic mass is 9.99. The van der Waals surface area contributed by atoms with Crippen molar-refractivity contribution in [1.29, 1.82) is 0 Å². The first-order valence-corrected chi connectivity index (χ1v) is 8.78. The lowest BCUT2D eigenvalue weighted by Gasteiger charge is -2.29. The highest BCUT2D eigenvalue weighted by Gasteiger charge is 2.22. The minimum absolute atomic E-state index is 0. The van der Waals surface area contributed by atoms with Crippen molar-refractivity contribution in [2.45, 2.75) is 51.2 Å². The molecule has 1 aliphatic heterocycles. The second kappa shape index (κ2) is 10.0. The highest BCUT2D eigenvalue weighted by Crippen LogP contribution is 2.20. The molecule has 0 aliphatic carbocycles. The summed E-state index contributed by atoms with van der Waals surface area (Å²) in [6, 6.07) is 8.00. The number of carbonyl (C=O) groups excluding carboxylic acids is 2. The first-order valence-electron chi connectivity index (χ1n) is 7.99. The van der Waals surface area contributed by atoms with Crippen LogP contribution < -0.4 is 16.0 Å². The van der Waals surface area contributed by atoms with Crippen LogP contribution in [0.2, 0.25) is 0 Å². The summed E-state index contributed by atoms with van der Waals surface area (Å²) in [5, 5.41) is 9.33. The van der Waals surface area contributed by atoms with E-state index in [9.17, 15) is 9.59 Å². The fraction of sp³-hybridized carbons (Fsp3) is 0.529. The molecular weight excluding hydrogens is 394 g/mol. The molecule has 1 heterocycles. The van der Waals surface area contributed by atoms with E-state index in [-0.39, 0.29) is 42.7 Å². The van der Waals surface area contributed by atoms with Crippen LogP contribution in [0, 0.1) is 0 Å². The standard InChI is InChI=1S/C17H24BrN3O2.ClH/c1-11-9-15(7-8-19-11)21-17(23)10-16(20-12(2)22)13-3-5-14(18)6-4-13;/h3-6,11,15-16,19H,7-10H2,1-2H3,(H,20,22)(H,21,23);1H. The lowest BCUT2D eigenvalue weighted by Crippen LogP contribution is -2.47. The van der Waals surface area contributed by atoms with Crippen molar-refractivity contribution in [3.8, 4) is 0 Å². The Bertz CT molecular complexity index is 553. The van der Waals surface area contributed by atoms with Crippen LogP contribution >= 0.6 is 28.3 Å². The van der Waals surface area contributed by atoms with Crippen LogP contribution in [-0.2, 0) is 9.59 Å². The largest absolute Gasteiger partial charge is 0.353 e. The Hall–Kier alpha value is -1.11. The monoisotopic (exact) mass is 417 g/mol. The van der Waals surface area contributed by atoms with Crippen LogP contribution in [0.5, 0.6) is 0 Å². The lowest BCUT2D eigenvalue weighted by molar-refractivity contribution is -0.123. The van der Waals surface area contributed by atoms with Gasteiger partial charge >= 0.3 is 0 Å². The third-order valence-corrected chi connectivity index (χ3v) is 4.56. The molecule has 1 aromatic carbocycles. The van der Waals surface area contributed by atoms with E-state index in [1.807, 2.05) is 24.3 Å². The van der Waals surface area contributed by atoms with Crippen molar-refractivity contribution < 1.29 is 9.59 Å². The predicted octanol–water partition coefficient (Wildman–Crippen LogP) is 2.69. The van der Waals surface area contributed by atoms with Crippen LogP contribution in [0.25, 0.3) is 0 Å². The number of hydrogen-bond donors (Lipinski definition) is 3. The van der Waals surface area contributed by atoms with Crippen molar-refractivity contribution in [2.75, 3.05) is 6.54 Å². The van der Waals surface area contributed by atoms with Crippen LogP contribution in [0.15, 0.2) is 28.7 Å². The highest BCUT2D eigenvalue weighted by atomic mass is 79.9. The summed E-state index contributed by atoms with van der Waals surface area (Å²) in [5.41, 5.74) is 0.928. The third kappa shape index (κ3) is 6.79. The maximum atomic E-state index is 12.4. The predicted molar refractivity (Wildman–Crippen MR) is 101 cm³/mol. The maximum Gasteiger partial charge on any atom is 0.222 e. The maximum absolute atomic E-state index is 12.4. The normalized spacial score (nSPS) is 21.3. The van der Waals surface area contributed by atoms with Gasteiger partial charge < -0.3 is 16.0 Å². The average Bonchev–Trinajstić information content (AvgIpc) is 2.46. The summed E-state index contributed by atoms with van der Waals surface area (Å²) in [6.45, 7) is 4.52. The Balaban J connectivity index is 0.00000288. The van der Waals surface area contributed by atoms with Crippen molar-refractivity contribution in [2.24, 2.45) is 0 Å². The zero-order valence-electron chi connectivity index (χ0n) is 14.0. The number of halogens is 2. The van der Waals surface area contributed by atoms with Gasteiger partial charge in [0.1, 0.15) is 0 Å². The van der Waals surface area contributed by atoms with Crippen molar-refractivity contribution in [3.05, 3.63) is 34.3 Å². The first kappa shape index (κ1) is 20.9. The van der Waals surface area contributed by atoms with Crippen LogP contribution in [0.1, 0.15) is 44.7 Å². The van der Waals surface area contributed by atoms with E-state index in [4.69, 9.17) is 0 Å². The molecule has 3 N–H and O–H groups in total. The number of piperidine rings is 1. The summed E-state index contributed by atoms with van der Waals surface area (Å²) >= 11 is 3.40. The number of hydrogen-bond acceptors (Lipinski definition) is 3. The Morgan fingerprint density at radius 1 is 1.33 bits per heavy atom. The molecule has 0 bridgehead atoms. The minimum Gasteiger partial charge on any atom is -0.353 e. The van der Waals surface area contributed by atoms with E-state index in [0.29, 0.717) is 6.04 Å². The summed E-state index contributed by atoms with van der Waals surface area (Å²) in [5.74, 6) is -0.160. The SMILES string of the molecule is CC(=O)NC(CC(=O)NC1CCNC(C)C1)c1ccc(Br)cc1.Cl. The van der Waals surface area contributed by atoms with Gasteiger partial charge in [0.2, 0.25) is 11.8 Å². The van der Waals surface area contributed by atoms with Gasteiger partial charge in [0.25, 0.3) is 0 Å². The van der Waals surface area contributed by atoms with Gasteiger partial charge in [-0.05, 0) is 44.0 Å². The Morgan fingerprint density at radius 3 is 2.58 bits per heavy atom. The molecule has 5 nitrogen and oxygen atoms in total. The number of amides is 2. The number of rotatable bonds is 5. The van der Waals surface area contributed by atoms with Gasteiger partial charge in [-0.3, -0.25) is 9.59 Å². The molecule has 2 rings (SSSR count). The third-order valence-electron chi connectivity index (χ3n) is 4.03. The summed E-state index contributed by atoms with van der Waals surface area (Å²) in [4.78, 5) is 23.8. The van der Waals surface area contributed by atoms with E-state index in [0.717, 1.165) is 29.4 Å². The Labute approximate surface area is 157 Å². The number of nitrogens with one attached hydrogen (secondary N) is 3. The second-order valence-corrected chi connectivity index (χ2v) is 7.07. The molecule has 2 amide bonds. The van der Waals surface area contributed by atoms with Crippen LogP contribution in [0.3, 0.4) is 0 Å². The van der Waals surface area contributed by atoms with E-state index in [2.05, 4.69) is 38.8 Å². The quantitative estimate of drug-likeness (QED) is 0.688. The fourth-order valence-electron chi connectivity index (χ4n) is 2.93. The molecule has 24 heavy (non-hydrogen) atoms. The summed E-state index contributed by atoms with van der Waals surface area (Å²) in [7, 11) is 0. The molecule has 1 saturated heterocycles. The fourth-order valence-corrected chi connectivity index (χ4v) is 3.19. The molecule has 134 valence electrons. The molecule has 3 unspecified atom stereocenters. The topological polar surface area (TPSA) is 70.2 Å². The van der Waals surface area contributed by atoms with E-state index < -0.39 is 0 Å². The van der Waals surface area contributed by atoms with Gasteiger partial charge in [-0.15, -0.1) is 12.4 Å². The molecule has 1 fully saturated rings. The van der Waals surface area contributed by atoms with Crippen LogP contribution in [-0.4, -0.2) is 30.4 Å². The van der Waals surface area contributed by atoms with Gasteiger partial charge in [-0.25, -0.2) is 0 Å². The molecule has 7 heteroatoms. The molecule has 0 radical (unpaired) electrons. The first-order chi connectivity index (χ1) is 10.9. The van der Waals surface area contributed by atoms with Gasteiger partial charge in [-0.1, -0.05) is 28.1 Å². The van der Waals surface area contributed by atoms with Gasteiger partial charge in [-0.2, -0.15) is 0 Å². The minimum atomic E-state index is -0.306. The molecule has 0 spiro atoms. The Morgan fingerprint density at radius 2 is 2.00 bits per heavy atom. The average molecular weight is 419 g/mol. The van der Waals surface area contributed by atoms with Gasteiger partial charge in [0, 0.05) is 23.5 Å². The highest BCUT2D eigenvalue weighted by molar-refractivity contribution is 9.10. The summed E-state index contributed by atoms with van der Waals surface area (Å²) < 4.78 is 0.968. The molecule has 0 aromatic heterocycles. The number of benzene rings is 1. The molecular formula is C17H25BrClN3O2. The van der Waals surface area contributed by atoms with Crippen LogP contribution in [0.4, 0.5) is 0 Å². The number of carbonyl (C=O) groups is 2. The van der Waals surface area contributed by atoms with Gasteiger partial charge in [0.05, 0.1) is 12.5 Å². The zero-order valence-corrected chi connectivity index (χ0v) is 16.4. The summed E-state index contributed by atoms with van der Waals surface area (Å²) in [6.07, 6.45) is 2.13. The molecule has 1 aromatic rings. The van der Waals surface area contributed by atoms with E-state index in [1.54, 1.807) is 0 Å². The van der Waals surface area contributed by atoms with E-state index in [1.165, 1.54) is 6.92 Å². The van der Waals surface area contributed by atoms with E-state index >= 15 is 0 Å². The van der Waals surface area contributed by atoms with Gasteiger partial charge in [0.15, 0.2) is 0 Å². The second-order valence-electron chi connectivity index (χ2n) is 6.15.